The number of fused-ring (bicyclic) bond motifs is 1. The molecule has 2 aliphatic rings. The number of aromatic nitrogens is 1. The maximum atomic E-state index is 14.6. The van der Waals surface area contributed by atoms with Crippen molar-refractivity contribution in [2.75, 3.05) is 19.6 Å². The minimum atomic E-state index is -1.48. The molecule has 1 aromatic heterocycles. The number of aliphatic hydroxyl groups is 1. The van der Waals surface area contributed by atoms with Gasteiger partial charge >= 0.3 is 5.97 Å². The van der Waals surface area contributed by atoms with Crippen LogP contribution in [0.4, 0.5) is 0 Å². The van der Waals surface area contributed by atoms with E-state index in [1.54, 1.807) is 36.5 Å². The van der Waals surface area contributed by atoms with Crippen LogP contribution in [0.1, 0.15) is 64.0 Å². The second kappa shape index (κ2) is 20.2. The highest BCUT2D eigenvalue weighted by Gasteiger charge is 2.41. The van der Waals surface area contributed by atoms with E-state index in [-0.39, 0.29) is 44.7 Å². The number of benzene rings is 2. The van der Waals surface area contributed by atoms with Gasteiger partial charge in [-0.1, -0.05) is 62.4 Å². The van der Waals surface area contributed by atoms with Crippen LogP contribution in [-0.4, -0.2) is 128 Å². The predicted molar refractivity (Wildman–Crippen MR) is 217 cm³/mol. The van der Waals surface area contributed by atoms with E-state index < -0.39 is 83.8 Å². The van der Waals surface area contributed by atoms with Gasteiger partial charge in [-0.25, -0.2) is 4.79 Å². The molecule has 318 valence electrons. The van der Waals surface area contributed by atoms with Gasteiger partial charge in [-0.15, -0.1) is 0 Å². The number of nitrogens with two attached hydrogens (primary N) is 1. The monoisotopic (exact) mass is 816 g/mol. The van der Waals surface area contributed by atoms with Crippen LogP contribution >= 0.6 is 0 Å². The maximum absolute atomic E-state index is 14.6. The molecule has 2 saturated heterocycles. The van der Waals surface area contributed by atoms with Gasteiger partial charge in [0.15, 0.2) is 0 Å². The van der Waals surface area contributed by atoms with E-state index in [1.807, 2.05) is 38.1 Å². The number of aliphatic carboxylic acids is 1. The number of aromatic amines is 1. The number of rotatable bonds is 18. The van der Waals surface area contributed by atoms with Crippen LogP contribution in [0.25, 0.3) is 10.9 Å². The average molecular weight is 817 g/mol. The molecular formula is C42H56N8O9. The summed E-state index contributed by atoms with van der Waals surface area (Å²) in [4.78, 5) is 100. The number of aliphatic hydroxyl groups excluding tert-OH is 1. The van der Waals surface area contributed by atoms with Gasteiger partial charge in [-0.05, 0) is 62.1 Å². The number of likely N-dealkylation sites (tertiary alicyclic amines) is 2. The fourth-order valence-corrected chi connectivity index (χ4v) is 7.89. The predicted octanol–water partition coefficient (Wildman–Crippen LogP) is 0.345. The molecule has 9 N–H and O–H groups in total. The molecule has 2 fully saturated rings. The first-order chi connectivity index (χ1) is 28.2. The van der Waals surface area contributed by atoms with Crippen molar-refractivity contribution in [3.63, 3.8) is 0 Å². The molecule has 17 heteroatoms. The lowest BCUT2D eigenvalue weighted by atomic mass is 9.99. The van der Waals surface area contributed by atoms with E-state index in [9.17, 15) is 43.8 Å². The van der Waals surface area contributed by atoms with Crippen molar-refractivity contribution in [2.24, 2.45) is 11.7 Å². The summed E-state index contributed by atoms with van der Waals surface area (Å²) in [6.07, 6.45) is 2.18. The summed E-state index contributed by atoms with van der Waals surface area (Å²) in [5.41, 5.74) is 7.76. The quantitative estimate of drug-likeness (QED) is 0.0874. The maximum Gasteiger partial charge on any atom is 0.326 e. The van der Waals surface area contributed by atoms with Gasteiger partial charge in [0, 0.05) is 43.0 Å². The van der Waals surface area contributed by atoms with Crippen molar-refractivity contribution >= 4 is 52.3 Å². The largest absolute Gasteiger partial charge is 0.480 e. The number of nitrogens with zero attached hydrogens (tertiary/aromatic N) is 2. The smallest absolute Gasteiger partial charge is 0.326 e. The molecule has 17 nitrogen and oxygen atoms in total. The van der Waals surface area contributed by atoms with Gasteiger partial charge in [-0.3, -0.25) is 28.8 Å². The minimum Gasteiger partial charge on any atom is -0.480 e. The molecule has 0 radical (unpaired) electrons. The first-order valence-corrected chi connectivity index (χ1v) is 20.2. The molecular weight excluding hydrogens is 761 g/mol. The molecule has 0 aliphatic carbocycles. The highest BCUT2D eigenvalue weighted by Crippen LogP contribution is 2.24. The fraction of sp³-hybridized carbons (Fsp3) is 0.500. The second-order valence-corrected chi connectivity index (χ2v) is 15.8. The number of carboxylic acids is 1. The number of para-hydroxylation sites is 1. The van der Waals surface area contributed by atoms with Crippen LogP contribution in [0, 0.1) is 5.92 Å². The second-order valence-electron chi connectivity index (χ2n) is 15.8. The van der Waals surface area contributed by atoms with Crippen molar-refractivity contribution < 1.29 is 43.8 Å². The Labute approximate surface area is 342 Å². The fourth-order valence-electron chi connectivity index (χ4n) is 7.89. The lowest BCUT2D eigenvalue weighted by Gasteiger charge is -2.31. The van der Waals surface area contributed by atoms with Crippen LogP contribution < -0.4 is 27.0 Å². The summed E-state index contributed by atoms with van der Waals surface area (Å²) in [7, 11) is 0. The summed E-state index contributed by atoms with van der Waals surface area (Å²) in [6.45, 7) is 5.23. The number of carbonyl (C=O) groups is 7. The van der Waals surface area contributed by atoms with E-state index in [0.29, 0.717) is 36.9 Å². The zero-order valence-electron chi connectivity index (χ0n) is 33.7. The number of nitrogens with one attached hydrogen (secondary N) is 5. The van der Waals surface area contributed by atoms with Crippen molar-refractivity contribution in [3.05, 3.63) is 71.9 Å². The Bertz CT molecular complexity index is 1990. The number of hydrogen-bond donors (Lipinski definition) is 8. The third-order valence-electron chi connectivity index (χ3n) is 10.9. The van der Waals surface area contributed by atoms with E-state index in [4.69, 9.17) is 5.73 Å². The number of hydrogen-bond acceptors (Lipinski definition) is 9. The standard InChI is InChI=1S/C42H56N8O9/c1-24(2)19-30(45-40(56)36(25(3)51)48-39(55)33-15-9-17-49(33)35(52)22-43)37(53)46-31(21-27-23-44-29-14-8-7-13-28(27)29)41(57)50-18-10-16-34(50)38(54)47-32(42(58)59)20-26-11-5-4-6-12-26/h4-8,11-14,23-25,30-34,36,44,51H,9-10,15-22,43H2,1-3H3,(H,45,56)(H,46,53)(H,47,54)(H,48,55)(H,58,59)/t25-,30+,31+,32+,33+,34+,36+/m1/s1. The molecule has 59 heavy (non-hydrogen) atoms. The molecule has 6 amide bonds. The average Bonchev–Trinajstić information content (AvgIpc) is 3.99. The number of carbonyl (C=O) groups excluding carboxylic acids is 6. The molecule has 3 aromatic rings. The topological polar surface area (TPSA) is 256 Å². The summed E-state index contributed by atoms with van der Waals surface area (Å²) in [5, 5.41) is 32.1. The Morgan fingerprint density at radius 2 is 1.37 bits per heavy atom. The minimum absolute atomic E-state index is 0.0132. The molecule has 5 rings (SSSR count). The zero-order chi connectivity index (χ0) is 42.8. The van der Waals surface area contributed by atoms with E-state index in [1.165, 1.54) is 16.7 Å². The number of amides is 6. The molecule has 0 bridgehead atoms. The van der Waals surface area contributed by atoms with Crippen LogP contribution in [0.15, 0.2) is 60.8 Å². The normalized spacial score (nSPS) is 19.1. The van der Waals surface area contributed by atoms with Gasteiger partial charge in [0.25, 0.3) is 0 Å². The SMILES string of the molecule is CC(C)C[C@H](NC(=O)[C@@H](NC(=O)[C@@H]1CCCN1C(=O)CN)[C@@H](C)O)C(=O)N[C@@H](Cc1c[nH]c2ccccc12)C(=O)N1CCC[C@H]1C(=O)N[C@@H](Cc1ccccc1)C(=O)O. The Balaban J connectivity index is 1.36. The molecule has 7 atom stereocenters. The Morgan fingerprint density at radius 3 is 2.02 bits per heavy atom. The zero-order valence-corrected chi connectivity index (χ0v) is 33.7. The van der Waals surface area contributed by atoms with Gasteiger partial charge in [-0.2, -0.15) is 0 Å². The van der Waals surface area contributed by atoms with Gasteiger partial charge < -0.3 is 52.0 Å². The first kappa shape index (κ1) is 44.3. The molecule has 0 saturated carbocycles. The lowest BCUT2D eigenvalue weighted by Crippen LogP contribution is -2.61. The number of H-pyrrole nitrogens is 1. The van der Waals surface area contributed by atoms with Crippen molar-refractivity contribution in [2.45, 2.75) is 108 Å². The van der Waals surface area contributed by atoms with Crippen LogP contribution in [-0.2, 0) is 46.4 Å². The molecule has 0 spiro atoms. The van der Waals surface area contributed by atoms with Gasteiger partial charge in [0.1, 0.15) is 36.3 Å². The summed E-state index contributed by atoms with van der Waals surface area (Å²) >= 11 is 0. The highest BCUT2D eigenvalue weighted by molar-refractivity contribution is 5.98. The van der Waals surface area contributed by atoms with Crippen LogP contribution in [0.2, 0.25) is 0 Å². The first-order valence-electron chi connectivity index (χ1n) is 20.2. The molecule has 2 aromatic carbocycles. The van der Waals surface area contributed by atoms with Crippen molar-refractivity contribution in [1.82, 2.24) is 36.1 Å². The Kier molecular flexibility index (Phi) is 15.2. The van der Waals surface area contributed by atoms with Crippen LogP contribution in [0.3, 0.4) is 0 Å². The van der Waals surface area contributed by atoms with Crippen LogP contribution in [0.5, 0.6) is 0 Å². The summed E-state index contributed by atoms with van der Waals surface area (Å²) < 4.78 is 0. The molecule has 3 heterocycles. The lowest BCUT2D eigenvalue weighted by molar-refractivity contribution is -0.145. The highest BCUT2D eigenvalue weighted by atomic mass is 16.4. The van der Waals surface area contributed by atoms with Gasteiger partial charge in [0.05, 0.1) is 12.6 Å². The van der Waals surface area contributed by atoms with Gasteiger partial charge in [0.2, 0.25) is 35.4 Å². The van der Waals surface area contributed by atoms with E-state index in [2.05, 4.69) is 26.3 Å². The third-order valence-corrected chi connectivity index (χ3v) is 10.9. The Morgan fingerprint density at radius 1 is 0.763 bits per heavy atom. The molecule has 2 aliphatic heterocycles. The van der Waals surface area contributed by atoms with Crippen molar-refractivity contribution in [3.8, 4) is 0 Å². The van der Waals surface area contributed by atoms with Crippen molar-refractivity contribution in [1.29, 1.82) is 0 Å². The number of carboxylic acid groups (broad SMARTS) is 1. The third kappa shape index (κ3) is 11.2. The molecule has 0 unspecified atom stereocenters. The van der Waals surface area contributed by atoms with E-state index >= 15 is 0 Å². The van der Waals surface area contributed by atoms with E-state index in [0.717, 1.165) is 10.9 Å². The summed E-state index contributed by atoms with van der Waals surface area (Å²) in [6, 6.07) is 9.28. The Hall–Kier alpha value is -5.81. The summed E-state index contributed by atoms with van der Waals surface area (Å²) in [5.74, 6) is -5.15.